The van der Waals surface area contributed by atoms with Crippen LogP contribution in [-0.2, 0) is 20.1 Å². The number of nitrogens with one attached hydrogen (secondary N) is 1. The van der Waals surface area contributed by atoms with Gasteiger partial charge in [0.1, 0.15) is 17.9 Å². The molecule has 0 unspecified atom stereocenters. The van der Waals surface area contributed by atoms with E-state index in [0.717, 1.165) is 23.7 Å². The van der Waals surface area contributed by atoms with Crippen molar-refractivity contribution in [1.29, 1.82) is 0 Å². The fraction of sp³-hybridized carbons (Fsp3) is 0.333. The summed E-state index contributed by atoms with van der Waals surface area (Å²) in [6.07, 6.45) is 1.69. The number of hydrogen-bond donors (Lipinski definition) is 1. The number of nitrogens with zero attached hydrogens (tertiary/aromatic N) is 3. The van der Waals surface area contributed by atoms with Gasteiger partial charge in [0, 0.05) is 19.2 Å². The molecule has 0 aliphatic heterocycles. The van der Waals surface area contributed by atoms with Crippen LogP contribution < -0.4 is 10.1 Å². The molecule has 17 heavy (non-hydrogen) atoms. The molecule has 0 saturated carbocycles. The maximum Gasteiger partial charge on any atom is 0.146 e. The highest BCUT2D eigenvalue weighted by atomic mass is 16.5. The van der Waals surface area contributed by atoms with E-state index in [2.05, 4.69) is 15.5 Å². The summed E-state index contributed by atoms with van der Waals surface area (Å²) in [7, 11) is 3.61. The van der Waals surface area contributed by atoms with Gasteiger partial charge >= 0.3 is 0 Å². The standard InChI is InChI=1S/C12H16N4O/c1-16-9-14-15-12(16)8-13-7-10-5-3-4-6-11(10)17-2/h3-6,9,13H,7-8H2,1-2H3. The molecule has 0 spiro atoms. The predicted octanol–water partition coefficient (Wildman–Crippen LogP) is 1.11. The summed E-state index contributed by atoms with van der Waals surface area (Å²) in [5.41, 5.74) is 1.14. The van der Waals surface area contributed by atoms with E-state index in [9.17, 15) is 0 Å². The lowest BCUT2D eigenvalue weighted by molar-refractivity contribution is 0.407. The van der Waals surface area contributed by atoms with Crippen LogP contribution in [0.3, 0.4) is 0 Å². The second-order valence-electron chi connectivity index (χ2n) is 3.77. The summed E-state index contributed by atoms with van der Waals surface area (Å²) in [5, 5.41) is 11.2. The molecule has 1 aromatic carbocycles. The zero-order chi connectivity index (χ0) is 12.1. The van der Waals surface area contributed by atoms with Gasteiger partial charge in [0.25, 0.3) is 0 Å². The van der Waals surface area contributed by atoms with Crippen LogP contribution in [0.25, 0.3) is 0 Å². The van der Waals surface area contributed by atoms with Gasteiger partial charge in [-0.3, -0.25) is 0 Å². The zero-order valence-corrected chi connectivity index (χ0v) is 10.1. The van der Waals surface area contributed by atoms with Gasteiger partial charge in [0.15, 0.2) is 0 Å². The van der Waals surface area contributed by atoms with Crippen LogP contribution >= 0.6 is 0 Å². The molecule has 0 radical (unpaired) electrons. The molecule has 5 nitrogen and oxygen atoms in total. The number of hydrogen-bond acceptors (Lipinski definition) is 4. The van der Waals surface area contributed by atoms with Crippen molar-refractivity contribution in [2.24, 2.45) is 7.05 Å². The van der Waals surface area contributed by atoms with Crippen LogP contribution in [0.5, 0.6) is 5.75 Å². The number of rotatable bonds is 5. The zero-order valence-electron chi connectivity index (χ0n) is 10.1. The Morgan fingerprint density at radius 3 is 2.82 bits per heavy atom. The van der Waals surface area contributed by atoms with E-state index in [4.69, 9.17) is 4.74 Å². The Morgan fingerprint density at radius 1 is 1.29 bits per heavy atom. The van der Waals surface area contributed by atoms with Gasteiger partial charge in [-0.15, -0.1) is 10.2 Å². The Labute approximate surface area is 100 Å². The molecule has 0 atom stereocenters. The molecule has 2 rings (SSSR count). The summed E-state index contributed by atoms with van der Waals surface area (Å²) in [4.78, 5) is 0. The Bertz CT molecular complexity index is 481. The first-order chi connectivity index (χ1) is 8.31. The molecule has 2 aromatic rings. The second kappa shape index (κ2) is 5.45. The molecular formula is C12H16N4O. The highest BCUT2D eigenvalue weighted by Gasteiger charge is 2.03. The first kappa shape index (κ1) is 11.6. The van der Waals surface area contributed by atoms with E-state index in [1.807, 2.05) is 35.9 Å². The maximum atomic E-state index is 5.28. The molecule has 1 N–H and O–H groups in total. The van der Waals surface area contributed by atoms with Gasteiger partial charge < -0.3 is 14.6 Å². The van der Waals surface area contributed by atoms with E-state index in [1.165, 1.54) is 0 Å². The molecule has 5 heteroatoms. The molecule has 90 valence electrons. The molecule has 1 aromatic heterocycles. The molecule has 0 amide bonds. The quantitative estimate of drug-likeness (QED) is 0.839. The Hall–Kier alpha value is -1.88. The van der Waals surface area contributed by atoms with Crippen molar-refractivity contribution in [2.45, 2.75) is 13.1 Å². The van der Waals surface area contributed by atoms with Crippen molar-refractivity contribution in [3.8, 4) is 5.75 Å². The third kappa shape index (κ3) is 2.82. The fourth-order valence-corrected chi connectivity index (χ4v) is 1.63. The van der Waals surface area contributed by atoms with Crippen LogP contribution in [0.15, 0.2) is 30.6 Å². The van der Waals surface area contributed by atoms with Crippen molar-refractivity contribution in [3.05, 3.63) is 42.0 Å². The molecule has 0 aliphatic rings. The topological polar surface area (TPSA) is 52.0 Å². The van der Waals surface area contributed by atoms with E-state index in [-0.39, 0.29) is 0 Å². The SMILES string of the molecule is COc1ccccc1CNCc1nncn1C. The lowest BCUT2D eigenvalue weighted by atomic mass is 10.2. The summed E-state index contributed by atoms with van der Waals surface area (Å²) < 4.78 is 7.18. The van der Waals surface area contributed by atoms with Crippen LogP contribution in [0, 0.1) is 0 Å². The third-order valence-electron chi connectivity index (χ3n) is 2.60. The van der Waals surface area contributed by atoms with Gasteiger partial charge in [-0.2, -0.15) is 0 Å². The monoisotopic (exact) mass is 232 g/mol. The summed E-state index contributed by atoms with van der Waals surface area (Å²) >= 11 is 0. The van der Waals surface area contributed by atoms with Crippen LogP contribution in [0.1, 0.15) is 11.4 Å². The highest BCUT2D eigenvalue weighted by Crippen LogP contribution is 2.16. The molecule has 0 fully saturated rings. The average molecular weight is 232 g/mol. The van der Waals surface area contributed by atoms with E-state index in [0.29, 0.717) is 6.54 Å². The van der Waals surface area contributed by atoms with Crippen LogP contribution in [0.2, 0.25) is 0 Å². The lowest BCUT2D eigenvalue weighted by Crippen LogP contribution is -2.16. The van der Waals surface area contributed by atoms with Crippen LogP contribution in [0.4, 0.5) is 0 Å². The van der Waals surface area contributed by atoms with E-state index < -0.39 is 0 Å². The van der Waals surface area contributed by atoms with Crippen LogP contribution in [-0.4, -0.2) is 21.9 Å². The largest absolute Gasteiger partial charge is 0.496 e. The Balaban J connectivity index is 1.92. The highest BCUT2D eigenvalue weighted by molar-refractivity contribution is 5.32. The number of aromatic nitrogens is 3. The number of para-hydroxylation sites is 1. The van der Waals surface area contributed by atoms with Crippen molar-refractivity contribution < 1.29 is 4.74 Å². The molecule has 0 saturated heterocycles. The normalized spacial score (nSPS) is 10.5. The van der Waals surface area contributed by atoms with Gasteiger partial charge in [0.05, 0.1) is 13.7 Å². The predicted molar refractivity (Wildman–Crippen MR) is 64.5 cm³/mol. The van der Waals surface area contributed by atoms with Gasteiger partial charge in [0.2, 0.25) is 0 Å². The fourth-order valence-electron chi connectivity index (χ4n) is 1.63. The summed E-state index contributed by atoms with van der Waals surface area (Å²) in [6.45, 7) is 1.44. The molecular weight excluding hydrogens is 216 g/mol. The minimum Gasteiger partial charge on any atom is -0.496 e. The smallest absolute Gasteiger partial charge is 0.146 e. The lowest BCUT2D eigenvalue weighted by Gasteiger charge is -2.08. The number of ether oxygens (including phenoxy) is 1. The van der Waals surface area contributed by atoms with Crippen molar-refractivity contribution in [3.63, 3.8) is 0 Å². The molecule has 0 aliphatic carbocycles. The van der Waals surface area contributed by atoms with Crippen molar-refractivity contribution in [1.82, 2.24) is 20.1 Å². The number of methoxy groups -OCH3 is 1. The number of benzene rings is 1. The first-order valence-corrected chi connectivity index (χ1v) is 5.46. The summed E-state index contributed by atoms with van der Waals surface area (Å²) in [6, 6.07) is 7.97. The van der Waals surface area contributed by atoms with E-state index in [1.54, 1.807) is 13.4 Å². The average Bonchev–Trinajstić information content (AvgIpc) is 2.76. The second-order valence-corrected chi connectivity index (χ2v) is 3.77. The molecule has 1 heterocycles. The van der Waals surface area contributed by atoms with Crippen molar-refractivity contribution in [2.75, 3.05) is 7.11 Å². The maximum absolute atomic E-state index is 5.28. The summed E-state index contributed by atoms with van der Waals surface area (Å²) in [5.74, 6) is 1.82. The third-order valence-corrected chi connectivity index (χ3v) is 2.60. The van der Waals surface area contributed by atoms with Gasteiger partial charge in [-0.05, 0) is 6.07 Å². The number of aryl methyl sites for hydroxylation is 1. The first-order valence-electron chi connectivity index (χ1n) is 5.46. The van der Waals surface area contributed by atoms with Gasteiger partial charge in [-0.25, -0.2) is 0 Å². The Kier molecular flexibility index (Phi) is 3.72. The minimum absolute atomic E-state index is 0.689. The molecule has 0 bridgehead atoms. The Morgan fingerprint density at radius 2 is 2.12 bits per heavy atom. The van der Waals surface area contributed by atoms with E-state index >= 15 is 0 Å². The van der Waals surface area contributed by atoms with Gasteiger partial charge in [-0.1, -0.05) is 18.2 Å². The van der Waals surface area contributed by atoms with Crippen molar-refractivity contribution >= 4 is 0 Å². The minimum atomic E-state index is 0.689.